The van der Waals surface area contributed by atoms with Crippen LogP contribution in [0.25, 0.3) is 0 Å². The topological polar surface area (TPSA) is 42.0 Å². The van der Waals surface area contributed by atoms with Crippen LogP contribution < -0.4 is 4.74 Å². The van der Waals surface area contributed by atoms with Crippen molar-refractivity contribution in [2.75, 3.05) is 39.3 Å². The summed E-state index contributed by atoms with van der Waals surface area (Å²) in [7, 11) is 0. The lowest BCUT2D eigenvalue weighted by Crippen LogP contribution is -2.48. The lowest BCUT2D eigenvalue weighted by Gasteiger charge is -2.34. The van der Waals surface area contributed by atoms with Crippen LogP contribution in [0.1, 0.15) is 31.9 Å². The highest BCUT2D eigenvalue weighted by atomic mass is 16.6. The standard InChI is InChI=1S/C19H28N2O3/c1-19(2,3)24-18(22)14-21-9-7-20(8-10-21)13-15-4-5-17-16(12-15)6-11-23-17/h4-5,12H,6-11,13-14H2,1-3H3. The molecule has 132 valence electrons. The number of nitrogens with zero attached hydrogens (tertiary/aromatic N) is 2. The Kier molecular flexibility index (Phi) is 5.11. The van der Waals surface area contributed by atoms with Crippen LogP contribution in [0, 0.1) is 0 Å². The van der Waals surface area contributed by atoms with Gasteiger partial charge in [0, 0.05) is 39.1 Å². The molecule has 0 bridgehead atoms. The summed E-state index contributed by atoms with van der Waals surface area (Å²) in [6, 6.07) is 6.53. The van der Waals surface area contributed by atoms with Crippen molar-refractivity contribution < 1.29 is 14.3 Å². The van der Waals surface area contributed by atoms with Crippen LogP contribution in [0.5, 0.6) is 5.75 Å². The number of rotatable bonds is 4. The molecule has 24 heavy (non-hydrogen) atoms. The minimum Gasteiger partial charge on any atom is -0.493 e. The quantitative estimate of drug-likeness (QED) is 0.790. The average molecular weight is 332 g/mol. The van der Waals surface area contributed by atoms with Crippen LogP contribution in [-0.2, 0) is 22.5 Å². The van der Waals surface area contributed by atoms with Gasteiger partial charge in [-0.2, -0.15) is 0 Å². The second-order valence-corrected chi connectivity index (χ2v) is 7.68. The van der Waals surface area contributed by atoms with Gasteiger partial charge in [-0.3, -0.25) is 14.6 Å². The van der Waals surface area contributed by atoms with E-state index in [2.05, 4.69) is 28.0 Å². The van der Waals surface area contributed by atoms with E-state index in [9.17, 15) is 4.79 Å². The summed E-state index contributed by atoms with van der Waals surface area (Å²) in [5, 5.41) is 0. The Labute approximate surface area is 144 Å². The van der Waals surface area contributed by atoms with Crippen molar-refractivity contribution in [3.8, 4) is 5.75 Å². The maximum absolute atomic E-state index is 11.9. The van der Waals surface area contributed by atoms with Gasteiger partial charge in [-0.05, 0) is 38.0 Å². The Morgan fingerprint density at radius 2 is 1.88 bits per heavy atom. The first-order valence-corrected chi connectivity index (χ1v) is 8.80. The van der Waals surface area contributed by atoms with Crippen LogP contribution in [0.3, 0.4) is 0 Å². The third-order valence-corrected chi connectivity index (χ3v) is 4.40. The number of ether oxygens (including phenoxy) is 2. The summed E-state index contributed by atoms with van der Waals surface area (Å²) in [5.41, 5.74) is 2.27. The van der Waals surface area contributed by atoms with Gasteiger partial charge in [-0.1, -0.05) is 12.1 Å². The monoisotopic (exact) mass is 332 g/mol. The SMILES string of the molecule is CC(C)(C)OC(=O)CN1CCN(Cc2ccc3c(c2)CCO3)CC1. The summed E-state index contributed by atoms with van der Waals surface area (Å²) in [5.74, 6) is 0.913. The highest BCUT2D eigenvalue weighted by Crippen LogP contribution is 2.26. The Bertz CT molecular complexity index is 587. The number of hydrogen-bond acceptors (Lipinski definition) is 5. The zero-order valence-corrected chi connectivity index (χ0v) is 15.0. The summed E-state index contributed by atoms with van der Waals surface area (Å²) < 4.78 is 11.0. The molecule has 0 atom stereocenters. The third-order valence-electron chi connectivity index (χ3n) is 4.40. The van der Waals surface area contributed by atoms with Gasteiger partial charge in [-0.15, -0.1) is 0 Å². The summed E-state index contributed by atoms with van der Waals surface area (Å²) in [6.45, 7) is 11.7. The van der Waals surface area contributed by atoms with E-state index in [-0.39, 0.29) is 5.97 Å². The lowest BCUT2D eigenvalue weighted by molar-refractivity contribution is -0.156. The van der Waals surface area contributed by atoms with E-state index in [1.807, 2.05) is 20.8 Å². The zero-order chi connectivity index (χ0) is 17.2. The van der Waals surface area contributed by atoms with Crippen LogP contribution >= 0.6 is 0 Å². The molecule has 0 radical (unpaired) electrons. The average Bonchev–Trinajstić information content (AvgIpc) is 2.95. The molecule has 0 spiro atoms. The lowest BCUT2D eigenvalue weighted by atomic mass is 10.1. The van der Waals surface area contributed by atoms with Crippen molar-refractivity contribution >= 4 is 5.97 Å². The minimum atomic E-state index is -0.407. The Balaban J connectivity index is 1.44. The van der Waals surface area contributed by atoms with Gasteiger partial charge >= 0.3 is 5.97 Å². The Morgan fingerprint density at radius 1 is 1.17 bits per heavy atom. The number of carbonyl (C=O) groups excluding carboxylic acids is 1. The smallest absolute Gasteiger partial charge is 0.320 e. The number of benzene rings is 1. The van der Waals surface area contributed by atoms with Gasteiger partial charge in [0.05, 0.1) is 13.2 Å². The normalized spacial score (nSPS) is 19.0. The second-order valence-electron chi connectivity index (χ2n) is 7.68. The molecule has 2 aliphatic rings. The molecule has 0 unspecified atom stereocenters. The van der Waals surface area contributed by atoms with Crippen molar-refractivity contribution in [2.24, 2.45) is 0 Å². The van der Waals surface area contributed by atoms with Gasteiger partial charge in [0.2, 0.25) is 0 Å². The van der Waals surface area contributed by atoms with Gasteiger partial charge in [0.25, 0.3) is 0 Å². The largest absolute Gasteiger partial charge is 0.493 e. The van der Waals surface area contributed by atoms with Crippen LogP contribution in [0.4, 0.5) is 0 Å². The molecule has 1 aromatic carbocycles. The molecule has 1 saturated heterocycles. The molecular formula is C19H28N2O3. The number of fused-ring (bicyclic) bond motifs is 1. The van der Waals surface area contributed by atoms with Crippen molar-refractivity contribution in [1.29, 1.82) is 0 Å². The first kappa shape index (κ1) is 17.2. The molecule has 2 aliphatic heterocycles. The number of piperazine rings is 1. The molecule has 1 fully saturated rings. The van der Waals surface area contributed by atoms with E-state index in [0.29, 0.717) is 6.54 Å². The minimum absolute atomic E-state index is 0.130. The van der Waals surface area contributed by atoms with E-state index < -0.39 is 5.60 Å². The van der Waals surface area contributed by atoms with Gasteiger partial charge < -0.3 is 9.47 Å². The van der Waals surface area contributed by atoms with E-state index in [1.165, 1.54) is 11.1 Å². The number of esters is 1. The summed E-state index contributed by atoms with van der Waals surface area (Å²) >= 11 is 0. The highest BCUT2D eigenvalue weighted by Gasteiger charge is 2.23. The first-order valence-electron chi connectivity index (χ1n) is 8.80. The molecule has 0 N–H and O–H groups in total. The first-order chi connectivity index (χ1) is 11.4. The van der Waals surface area contributed by atoms with Gasteiger partial charge in [-0.25, -0.2) is 0 Å². The second kappa shape index (κ2) is 7.11. The maximum atomic E-state index is 11.9. The van der Waals surface area contributed by atoms with Gasteiger partial charge in [0.1, 0.15) is 11.4 Å². The Hall–Kier alpha value is -1.59. The molecule has 5 heteroatoms. The molecule has 0 aromatic heterocycles. The Morgan fingerprint density at radius 3 is 2.58 bits per heavy atom. The summed E-state index contributed by atoms with van der Waals surface area (Å²) in [4.78, 5) is 16.5. The molecule has 5 nitrogen and oxygen atoms in total. The third kappa shape index (κ3) is 4.71. The predicted molar refractivity (Wildman–Crippen MR) is 93.2 cm³/mol. The fraction of sp³-hybridized carbons (Fsp3) is 0.632. The van der Waals surface area contributed by atoms with E-state index in [0.717, 1.165) is 51.5 Å². The fourth-order valence-electron chi connectivity index (χ4n) is 3.26. The van der Waals surface area contributed by atoms with Gasteiger partial charge in [0.15, 0.2) is 0 Å². The molecule has 3 rings (SSSR count). The number of hydrogen-bond donors (Lipinski definition) is 0. The zero-order valence-electron chi connectivity index (χ0n) is 15.0. The molecule has 0 amide bonds. The van der Waals surface area contributed by atoms with E-state index in [4.69, 9.17) is 9.47 Å². The molecule has 0 aliphatic carbocycles. The molecule has 1 aromatic rings. The van der Waals surface area contributed by atoms with E-state index >= 15 is 0 Å². The predicted octanol–water partition coefficient (Wildman–Crippen LogP) is 2.08. The highest BCUT2D eigenvalue weighted by molar-refractivity contribution is 5.72. The van der Waals surface area contributed by atoms with Crippen molar-refractivity contribution in [3.63, 3.8) is 0 Å². The van der Waals surface area contributed by atoms with E-state index in [1.54, 1.807) is 0 Å². The van der Waals surface area contributed by atoms with Crippen LogP contribution in [0.15, 0.2) is 18.2 Å². The maximum Gasteiger partial charge on any atom is 0.320 e. The fourth-order valence-corrected chi connectivity index (χ4v) is 3.26. The van der Waals surface area contributed by atoms with Crippen molar-refractivity contribution in [1.82, 2.24) is 9.80 Å². The molecular weight excluding hydrogens is 304 g/mol. The summed E-state index contributed by atoms with van der Waals surface area (Å²) in [6.07, 6.45) is 1.02. The van der Waals surface area contributed by atoms with Crippen molar-refractivity contribution in [2.45, 2.75) is 39.3 Å². The van der Waals surface area contributed by atoms with Crippen LogP contribution in [0.2, 0.25) is 0 Å². The molecule has 2 heterocycles. The molecule has 0 saturated carbocycles. The van der Waals surface area contributed by atoms with Crippen molar-refractivity contribution in [3.05, 3.63) is 29.3 Å². The number of carbonyl (C=O) groups is 1. The van der Waals surface area contributed by atoms with Crippen LogP contribution in [-0.4, -0.2) is 60.7 Å².